The largest absolute Gasteiger partial charge is 0.349 e. The van der Waals surface area contributed by atoms with E-state index >= 15 is 8.78 Å². The fraction of sp³-hybridized carbons (Fsp3) is 0.769. The quantitative estimate of drug-likeness (QED) is 0.371. The van der Waals surface area contributed by atoms with E-state index in [1.807, 2.05) is 6.92 Å². The number of methoxy groups -OCH3 is 2. The van der Waals surface area contributed by atoms with Crippen molar-refractivity contribution in [2.24, 2.45) is 22.7 Å². The molecule has 0 unspecified atom stereocenters. The predicted molar refractivity (Wildman–Crippen MR) is 128 cm³/mol. The van der Waals surface area contributed by atoms with Gasteiger partial charge < -0.3 is 18.9 Å². The summed E-state index contributed by atoms with van der Waals surface area (Å²) in [5.74, 6) is -4.38. The van der Waals surface area contributed by atoms with Crippen LogP contribution in [0, 0.1) is 22.7 Å². The predicted octanol–water partition coefficient (Wildman–Crippen LogP) is 4.81. The third-order valence-electron chi connectivity index (χ3n) is 9.66. The number of carbonyl (C=O) groups is 2. The van der Waals surface area contributed by atoms with Crippen molar-refractivity contribution in [3.05, 3.63) is 23.6 Å². The first-order chi connectivity index (χ1) is 16.6. The van der Waals surface area contributed by atoms with Crippen molar-refractivity contribution in [2.75, 3.05) is 14.2 Å². The number of halogens is 4. The van der Waals surface area contributed by atoms with Crippen LogP contribution in [-0.2, 0) is 28.5 Å². The highest BCUT2D eigenvalue weighted by Gasteiger charge is 2.80. The molecule has 0 spiro atoms. The van der Waals surface area contributed by atoms with E-state index in [1.165, 1.54) is 20.3 Å². The molecule has 5 rings (SSSR count). The number of alkyl halides is 3. The van der Waals surface area contributed by atoms with Crippen molar-refractivity contribution < 1.29 is 37.3 Å². The van der Waals surface area contributed by atoms with Gasteiger partial charge in [-0.1, -0.05) is 19.9 Å². The summed E-state index contributed by atoms with van der Waals surface area (Å²) < 4.78 is 54.2. The highest BCUT2D eigenvalue weighted by Crippen LogP contribution is 2.74. The van der Waals surface area contributed by atoms with Gasteiger partial charge in [0.25, 0.3) is 0 Å². The van der Waals surface area contributed by atoms with Crippen molar-refractivity contribution in [1.29, 1.82) is 0 Å². The van der Waals surface area contributed by atoms with Crippen molar-refractivity contribution in [3.63, 3.8) is 0 Å². The molecular weight excluding hydrogens is 517 g/mol. The summed E-state index contributed by atoms with van der Waals surface area (Å²) in [4.78, 5) is 24.8. The Morgan fingerprint density at radius 1 is 1.17 bits per heavy atom. The number of ketones is 2. The third-order valence-corrected chi connectivity index (χ3v) is 11.2. The molecule has 0 aromatic heterocycles. The normalized spacial score (nSPS) is 49.1. The van der Waals surface area contributed by atoms with E-state index in [4.69, 9.17) is 42.1 Å². The number of ether oxygens (including phenoxy) is 4. The van der Waals surface area contributed by atoms with Crippen LogP contribution in [0.3, 0.4) is 0 Å². The molecule has 1 heterocycles. The van der Waals surface area contributed by atoms with E-state index < -0.39 is 74.3 Å². The summed E-state index contributed by atoms with van der Waals surface area (Å²) in [6.07, 6.45) is -0.560. The Morgan fingerprint density at radius 2 is 1.81 bits per heavy atom. The van der Waals surface area contributed by atoms with Crippen LogP contribution < -0.4 is 0 Å². The third kappa shape index (κ3) is 2.97. The summed E-state index contributed by atoms with van der Waals surface area (Å²) in [5.41, 5.74) is -3.97. The molecule has 0 radical (unpaired) electrons. The monoisotopic (exact) mass is 548 g/mol. The number of hydrogen-bond donors (Lipinski definition) is 0. The molecule has 0 amide bonds. The van der Waals surface area contributed by atoms with Gasteiger partial charge in [-0.05, 0) is 51.0 Å². The second-order valence-electron chi connectivity index (χ2n) is 11.6. The topological polar surface area (TPSA) is 71.1 Å². The molecule has 0 aromatic rings. The minimum Gasteiger partial charge on any atom is -0.349 e. The fourth-order valence-corrected chi connectivity index (χ4v) is 9.44. The van der Waals surface area contributed by atoms with Crippen molar-refractivity contribution in [1.82, 2.24) is 0 Å². The molecule has 0 N–H and O–H groups in total. The summed E-state index contributed by atoms with van der Waals surface area (Å²) in [5, 5.41) is -0.817. The molecule has 1 saturated heterocycles. The van der Waals surface area contributed by atoms with E-state index in [2.05, 4.69) is 0 Å². The maximum absolute atomic E-state index is 15.8. The lowest BCUT2D eigenvalue weighted by molar-refractivity contribution is -0.226. The molecule has 6 nitrogen and oxygen atoms in total. The summed E-state index contributed by atoms with van der Waals surface area (Å²) in [6.45, 7) is 7.04. The maximum Gasteiger partial charge on any atom is 0.223 e. The van der Waals surface area contributed by atoms with Gasteiger partial charge in [-0.25, -0.2) is 8.78 Å². The number of rotatable bonds is 4. The van der Waals surface area contributed by atoms with Gasteiger partial charge in [-0.15, -0.1) is 23.2 Å². The van der Waals surface area contributed by atoms with Gasteiger partial charge in [-0.2, -0.15) is 0 Å². The summed E-state index contributed by atoms with van der Waals surface area (Å²) >= 11 is 14.5. The van der Waals surface area contributed by atoms with Gasteiger partial charge in [-0.3, -0.25) is 9.59 Å². The molecule has 9 atom stereocenters. The van der Waals surface area contributed by atoms with Crippen LogP contribution in [0.5, 0.6) is 0 Å². The first-order valence-electron chi connectivity index (χ1n) is 12.2. The Balaban J connectivity index is 1.67. The molecular formula is C26H32Cl2F2O6. The Labute approximate surface area is 219 Å². The minimum atomic E-state index is -1.73. The van der Waals surface area contributed by atoms with E-state index in [0.29, 0.717) is 6.42 Å². The van der Waals surface area contributed by atoms with E-state index in [0.717, 1.165) is 6.08 Å². The average Bonchev–Trinajstić information content (AvgIpc) is 3.20. The first kappa shape index (κ1) is 26.7. The fourth-order valence-electron chi connectivity index (χ4n) is 8.25. The first-order valence-corrected chi connectivity index (χ1v) is 13.0. The lowest BCUT2D eigenvalue weighted by Gasteiger charge is -2.64. The van der Waals surface area contributed by atoms with Gasteiger partial charge in [0.05, 0.1) is 16.4 Å². The van der Waals surface area contributed by atoms with Crippen LogP contribution in [0.4, 0.5) is 8.78 Å². The molecule has 36 heavy (non-hydrogen) atoms. The second-order valence-corrected chi connectivity index (χ2v) is 12.8. The Morgan fingerprint density at radius 3 is 2.42 bits per heavy atom. The van der Waals surface area contributed by atoms with Crippen LogP contribution in [-0.4, -0.2) is 66.0 Å². The van der Waals surface area contributed by atoms with Crippen LogP contribution in [0.25, 0.3) is 0 Å². The summed E-state index contributed by atoms with van der Waals surface area (Å²) in [7, 11) is 2.74. The SMILES string of the molecule is COC(OC)C(=O)[C@@]12OC(C)(C)O[C@@H]1C[C@H]1[C@@H]3C[C@H](F)C4=C(F)C(=O)C=C[C@]4(C)[C@@]3(Cl)[C@@H](Cl)C[C@@]12C. The lowest BCUT2D eigenvalue weighted by atomic mass is 9.46. The molecule has 3 saturated carbocycles. The van der Waals surface area contributed by atoms with Gasteiger partial charge in [0.2, 0.25) is 17.9 Å². The second kappa shape index (κ2) is 8.06. The highest BCUT2D eigenvalue weighted by atomic mass is 35.5. The van der Waals surface area contributed by atoms with Crippen molar-refractivity contribution in [3.8, 4) is 0 Å². The number of fused-ring (bicyclic) bond motifs is 7. The Kier molecular flexibility index (Phi) is 5.97. The standard InChI is InChI=1S/C26H32Cl2F2O6/c1-22(2)35-17-10-12-13-9-14(29)18-19(30)15(31)7-8-23(18,3)25(13,28)16(27)11-24(12,4)26(17,36-22)20(32)21(33-5)34-6/h7-8,12-14,16-17,21H,9-11H2,1-6H3/t12-,13-,14-,16-,17+,23-,24-,25-,26-/m0/s1. The van der Waals surface area contributed by atoms with Gasteiger partial charge >= 0.3 is 0 Å². The minimum absolute atomic E-state index is 0.134. The Hall–Kier alpha value is -0.900. The maximum atomic E-state index is 15.8. The highest BCUT2D eigenvalue weighted by molar-refractivity contribution is 6.34. The molecule has 4 aliphatic carbocycles. The van der Waals surface area contributed by atoms with Crippen molar-refractivity contribution in [2.45, 2.75) is 87.2 Å². The van der Waals surface area contributed by atoms with Crippen LogP contribution in [0.2, 0.25) is 0 Å². The van der Waals surface area contributed by atoms with Gasteiger partial charge in [0.15, 0.2) is 17.2 Å². The molecule has 0 aromatic carbocycles. The molecule has 0 bridgehead atoms. The van der Waals surface area contributed by atoms with Gasteiger partial charge in [0.1, 0.15) is 6.17 Å². The van der Waals surface area contributed by atoms with E-state index in [1.54, 1.807) is 20.8 Å². The summed E-state index contributed by atoms with van der Waals surface area (Å²) in [6, 6.07) is 0. The zero-order valence-corrected chi connectivity index (χ0v) is 22.7. The lowest BCUT2D eigenvalue weighted by Crippen LogP contribution is -2.70. The average molecular weight is 549 g/mol. The van der Waals surface area contributed by atoms with Crippen LogP contribution >= 0.6 is 23.2 Å². The van der Waals surface area contributed by atoms with Crippen LogP contribution in [0.15, 0.2) is 23.6 Å². The molecule has 1 aliphatic heterocycles. The number of allylic oxidation sites excluding steroid dienone is 4. The van der Waals surface area contributed by atoms with Crippen LogP contribution in [0.1, 0.15) is 47.0 Å². The zero-order valence-electron chi connectivity index (χ0n) is 21.2. The number of carbonyl (C=O) groups excluding carboxylic acids is 2. The molecule has 5 aliphatic rings. The molecule has 10 heteroatoms. The van der Waals surface area contributed by atoms with Gasteiger partial charge in [0, 0.05) is 30.6 Å². The number of hydrogen-bond acceptors (Lipinski definition) is 6. The zero-order chi connectivity index (χ0) is 26.6. The molecule has 200 valence electrons. The number of Topliss-reactive ketones (excluding diaryl/α,β-unsaturated/α-hetero) is 1. The van der Waals surface area contributed by atoms with E-state index in [-0.39, 0.29) is 24.3 Å². The molecule has 4 fully saturated rings. The van der Waals surface area contributed by atoms with E-state index in [9.17, 15) is 9.59 Å². The van der Waals surface area contributed by atoms with Crippen molar-refractivity contribution >= 4 is 34.8 Å². The Bertz CT molecular complexity index is 1070. The smallest absolute Gasteiger partial charge is 0.223 e.